The molecule has 0 unspecified atom stereocenters. The van der Waals surface area contributed by atoms with Crippen LogP contribution in [0.15, 0.2) is 59.8 Å². The third kappa shape index (κ3) is 6.81. The lowest BCUT2D eigenvalue weighted by molar-refractivity contribution is -0.137. The van der Waals surface area contributed by atoms with E-state index in [0.29, 0.717) is 5.01 Å². The molecule has 0 saturated carbocycles. The number of ether oxygens (including phenoxy) is 1. The Kier molecular flexibility index (Phi) is 8.77. The van der Waals surface area contributed by atoms with Crippen LogP contribution in [0.2, 0.25) is 0 Å². The molecule has 8 heteroatoms. The third-order valence-corrected chi connectivity index (χ3v) is 4.05. The zero-order valence-electron chi connectivity index (χ0n) is 16.3. The van der Waals surface area contributed by atoms with E-state index in [1.807, 2.05) is 45.1 Å². The van der Waals surface area contributed by atoms with Crippen molar-refractivity contribution in [3.8, 4) is 0 Å². The molecular weight excluding hydrogens is 378 g/mol. The molecule has 2 amide bonds. The van der Waals surface area contributed by atoms with Gasteiger partial charge in [0.1, 0.15) is 16.4 Å². The first-order valence-corrected chi connectivity index (χ1v) is 9.10. The van der Waals surface area contributed by atoms with Crippen molar-refractivity contribution in [2.24, 2.45) is 0 Å². The normalized spacial score (nSPS) is 10.9. The lowest BCUT2D eigenvalue weighted by Gasteiger charge is -2.09. The number of nitrogens with zero attached hydrogens (tertiary/aromatic N) is 1. The number of rotatable bonds is 8. The van der Waals surface area contributed by atoms with Crippen LogP contribution in [0.1, 0.15) is 36.3 Å². The Morgan fingerprint density at radius 1 is 1.14 bits per heavy atom. The lowest BCUT2D eigenvalue weighted by Crippen LogP contribution is -2.35. The number of carbonyl (C=O) groups excluding carboxylic acids is 3. The number of thiazole rings is 1. The fraction of sp³-hybridized carbons (Fsp3) is 0.200. The Balaban J connectivity index is 2.86. The van der Waals surface area contributed by atoms with Gasteiger partial charge in [-0.15, -0.1) is 11.3 Å². The number of amides is 2. The summed E-state index contributed by atoms with van der Waals surface area (Å²) >= 11 is 1.30. The maximum absolute atomic E-state index is 12.3. The number of nitrogens with one attached hydrogen (secondary N) is 2. The highest BCUT2D eigenvalue weighted by atomic mass is 32.1. The largest absolute Gasteiger partial charge is 0.464 e. The van der Waals surface area contributed by atoms with Gasteiger partial charge < -0.3 is 15.4 Å². The number of hydrogen-bond acceptors (Lipinski definition) is 6. The summed E-state index contributed by atoms with van der Waals surface area (Å²) in [7, 11) is 1.16. The van der Waals surface area contributed by atoms with Gasteiger partial charge in [0.15, 0.2) is 0 Å². The molecule has 0 radical (unpaired) electrons. The Morgan fingerprint density at radius 3 is 2.39 bits per heavy atom. The molecule has 0 saturated heterocycles. The second kappa shape index (κ2) is 10.8. The van der Waals surface area contributed by atoms with E-state index < -0.39 is 17.8 Å². The molecule has 1 aromatic heterocycles. The van der Waals surface area contributed by atoms with Gasteiger partial charge in [-0.3, -0.25) is 9.59 Å². The van der Waals surface area contributed by atoms with Crippen molar-refractivity contribution in [2.75, 3.05) is 7.11 Å². The maximum atomic E-state index is 12.3. The van der Waals surface area contributed by atoms with Crippen LogP contribution >= 0.6 is 11.3 Å². The highest BCUT2D eigenvalue weighted by molar-refractivity contribution is 7.11. The third-order valence-electron chi connectivity index (χ3n) is 3.16. The predicted molar refractivity (Wildman–Crippen MR) is 110 cm³/mol. The Hall–Kier alpha value is -3.26. The van der Waals surface area contributed by atoms with Crippen LogP contribution in [0.5, 0.6) is 0 Å². The molecule has 0 bridgehead atoms. The van der Waals surface area contributed by atoms with Gasteiger partial charge in [-0.1, -0.05) is 43.0 Å². The minimum Gasteiger partial charge on any atom is -0.464 e. The van der Waals surface area contributed by atoms with E-state index in [0.717, 1.165) is 18.3 Å². The molecule has 0 aliphatic rings. The molecule has 7 nitrogen and oxygen atoms in total. The summed E-state index contributed by atoms with van der Waals surface area (Å²) in [6.07, 6.45) is 7.65. The predicted octanol–water partition coefficient (Wildman–Crippen LogP) is 3.12. The number of hydrogen-bond donors (Lipinski definition) is 2. The van der Waals surface area contributed by atoms with Crippen LogP contribution in [-0.4, -0.2) is 29.9 Å². The highest BCUT2D eigenvalue weighted by Crippen LogP contribution is 2.21. The van der Waals surface area contributed by atoms with Gasteiger partial charge in [0.25, 0.3) is 11.8 Å². The van der Waals surface area contributed by atoms with Crippen LogP contribution in [0.4, 0.5) is 0 Å². The number of esters is 1. The highest BCUT2D eigenvalue weighted by Gasteiger charge is 2.18. The smallest absolute Gasteiger partial charge is 0.353 e. The second-order valence-corrected chi connectivity index (χ2v) is 6.62. The first kappa shape index (κ1) is 22.8. The molecular formula is C20H23N3O4S. The van der Waals surface area contributed by atoms with E-state index in [1.54, 1.807) is 5.38 Å². The SMILES string of the molecule is C=C(NC(=O)c1csc(C(/C=C\C)=C/C=C(C)C)n1)C(=O)NC(=C)C(=O)OC. The van der Waals surface area contributed by atoms with Gasteiger partial charge in [-0.2, -0.15) is 0 Å². The summed E-state index contributed by atoms with van der Waals surface area (Å²) < 4.78 is 4.43. The van der Waals surface area contributed by atoms with E-state index in [-0.39, 0.29) is 17.1 Å². The van der Waals surface area contributed by atoms with Crippen LogP contribution in [0.25, 0.3) is 5.57 Å². The van der Waals surface area contributed by atoms with Gasteiger partial charge in [0.2, 0.25) is 0 Å². The molecule has 0 atom stereocenters. The molecule has 28 heavy (non-hydrogen) atoms. The van der Waals surface area contributed by atoms with Crippen molar-refractivity contribution < 1.29 is 19.1 Å². The first-order chi connectivity index (χ1) is 13.2. The number of carbonyl (C=O) groups is 3. The minimum absolute atomic E-state index is 0.147. The Morgan fingerprint density at radius 2 is 1.82 bits per heavy atom. The van der Waals surface area contributed by atoms with Crippen molar-refractivity contribution in [3.63, 3.8) is 0 Å². The average molecular weight is 401 g/mol. The molecule has 0 spiro atoms. The van der Waals surface area contributed by atoms with Crippen molar-refractivity contribution in [3.05, 3.63) is 70.5 Å². The summed E-state index contributed by atoms with van der Waals surface area (Å²) in [5.41, 5.74) is 1.62. The molecule has 2 N–H and O–H groups in total. The minimum atomic E-state index is -0.795. The average Bonchev–Trinajstić information content (AvgIpc) is 3.14. The summed E-state index contributed by atoms with van der Waals surface area (Å²) in [5.74, 6) is -2.16. The second-order valence-electron chi connectivity index (χ2n) is 5.76. The molecule has 0 aliphatic carbocycles. The Bertz CT molecular complexity index is 887. The number of aromatic nitrogens is 1. The van der Waals surface area contributed by atoms with Crippen molar-refractivity contribution >= 4 is 34.7 Å². The van der Waals surface area contributed by atoms with E-state index in [9.17, 15) is 14.4 Å². The van der Waals surface area contributed by atoms with Crippen LogP contribution < -0.4 is 10.6 Å². The van der Waals surface area contributed by atoms with Crippen LogP contribution in [-0.2, 0) is 14.3 Å². The first-order valence-electron chi connectivity index (χ1n) is 8.22. The molecule has 0 aromatic carbocycles. The van der Waals surface area contributed by atoms with Crippen LogP contribution in [0.3, 0.4) is 0 Å². The molecule has 1 heterocycles. The fourth-order valence-corrected chi connectivity index (χ4v) is 2.60. The van der Waals surface area contributed by atoms with Crippen LogP contribution in [0, 0.1) is 0 Å². The zero-order chi connectivity index (χ0) is 21.3. The fourth-order valence-electron chi connectivity index (χ4n) is 1.79. The molecule has 0 aliphatic heterocycles. The molecule has 148 valence electrons. The van der Waals surface area contributed by atoms with Gasteiger partial charge >= 0.3 is 5.97 Å². The van der Waals surface area contributed by atoms with Gasteiger partial charge in [0, 0.05) is 11.0 Å². The van der Waals surface area contributed by atoms with Crippen molar-refractivity contribution in [1.29, 1.82) is 0 Å². The molecule has 0 fully saturated rings. The van der Waals surface area contributed by atoms with Crippen molar-refractivity contribution in [2.45, 2.75) is 20.8 Å². The van der Waals surface area contributed by atoms with Gasteiger partial charge in [-0.25, -0.2) is 9.78 Å². The molecule has 1 aromatic rings. The standard InChI is InChI=1S/C20H23N3O4S/c1-7-8-15(10-9-12(2)3)19-23-16(11-28-19)18(25)21-13(4)17(24)22-14(5)20(26)27-6/h7-11H,4-5H2,1-3,6H3,(H,21,25)(H,22,24)/b8-7-,15-10+. The van der Waals surface area contributed by atoms with Gasteiger partial charge in [0.05, 0.1) is 12.8 Å². The van der Waals surface area contributed by atoms with E-state index in [2.05, 4.69) is 33.5 Å². The topological polar surface area (TPSA) is 97.4 Å². The lowest BCUT2D eigenvalue weighted by atomic mass is 10.2. The van der Waals surface area contributed by atoms with E-state index in [4.69, 9.17) is 0 Å². The van der Waals surface area contributed by atoms with E-state index >= 15 is 0 Å². The number of allylic oxidation sites excluding steroid dienone is 6. The monoisotopic (exact) mass is 401 g/mol. The summed E-state index contributed by atoms with van der Waals surface area (Å²) in [5, 5.41) is 6.79. The quantitative estimate of drug-likeness (QED) is 0.396. The maximum Gasteiger partial charge on any atom is 0.353 e. The summed E-state index contributed by atoms with van der Waals surface area (Å²) in [6.45, 7) is 12.7. The van der Waals surface area contributed by atoms with E-state index in [1.165, 1.54) is 11.3 Å². The molecule has 1 rings (SSSR count). The van der Waals surface area contributed by atoms with Gasteiger partial charge in [-0.05, 0) is 20.8 Å². The Labute approximate surface area is 168 Å². The summed E-state index contributed by atoms with van der Waals surface area (Å²) in [4.78, 5) is 39.8. The van der Waals surface area contributed by atoms with Crippen molar-refractivity contribution in [1.82, 2.24) is 15.6 Å². The number of methoxy groups -OCH3 is 1. The summed E-state index contributed by atoms with van der Waals surface area (Å²) in [6, 6.07) is 0. The zero-order valence-corrected chi connectivity index (χ0v) is 17.1.